The Morgan fingerprint density at radius 2 is 1.94 bits per heavy atom. The zero-order valence-electron chi connectivity index (χ0n) is 10.0. The van der Waals surface area contributed by atoms with E-state index in [4.69, 9.17) is 11.6 Å². The summed E-state index contributed by atoms with van der Waals surface area (Å²) >= 11 is 7.42. The van der Waals surface area contributed by atoms with Crippen LogP contribution in [0, 0.1) is 6.92 Å². The van der Waals surface area contributed by atoms with Gasteiger partial charge in [-0.15, -0.1) is 11.8 Å². The molecule has 0 bridgehead atoms. The summed E-state index contributed by atoms with van der Waals surface area (Å²) in [5, 5.41) is 0.698. The molecular weight excluding hydrogens is 264 g/mol. The van der Waals surface area contributed by atoms with Crippen LogP contribution in [0.4, 0.5) is 0 Å². The average Bonchev–Trinajstić information content (AvgIpc) is 2.37. The molecule has 2 aromatic carbocycles. The second kappa shape index (κ2) is 6.07. The zero-order valence-corrected chi connectivity index (χ0v) is 11.6. The molecule has 0 saturated heterocycles. The number of hydrogen-bond acceptors (Lipinski definition) is 2. The summed E-state index contributed by atoms with van der Waals surface area (Å²) in [5.74, 6) is 0.587. The topological polar surface area (TPSA) is 17.1 Å². The molecular formula is C15H13ClOS. The molecule has 0 fully saturated rings. The highest BCUT2D eigenvalue weighted by Gasteiger charge is 2.08. The van der Waals surface area contributed by atoms with Gasteiger partial charge in [-0.1, -0.05) is 41.9 Å². The largest absolute Gasteiger partial charge is 0.293 e. The van der Waals surface area contributed by atoms with E-state index >= 15 is 0 Å². The Hall–Kier alpha value is -1.25. The lowest BCUT2D eigenvalue weighted by atomic mass is 10.1. The molecule has 0 spiro atoms. The first-order valence-corrected chi connectivity index (χ1v) is 7.00. The molecule has 0 saturated carbocycles. The number of thioether (sulfide) groups is 1. The molecule has 0 amide bonds. The van der Waals surface area contributed by atoms with Gasteiger partial charge in [-0.05, 0) is 30.7 Å². The van der Waals surface area contributed by atoms with Crippen LogP contribution in [0.5, 0.6) is 0 Å². The monoisotopic (exact) mass is 276 g/mol. The maximum atomic E-state index is 12.1. The van der Waals surface area contributed by atoms with Gasteiger partial charge >= 0.3 is 0 Å². The number of aryl methyl sites for hydroxylation is 1. The van der Waals surface area contributed by atoms with Crippen LogP contribution in [0.15, 0.2) is 53.4 Å². The summed E-state index contributed by atoms with van der Waals surface area (Å²) in [6.07, 6.45) is 0. The Bertz CT molecular complexity index is 566. The third kappa shape index (κ3) is 3.37. The van der Waals surface area contributed by atoms with Gasteiger partial charge in [-0.25, -0.2) is 0 Å². The minimum Gasteiger partial charge on any atom is -0.293 e. The van der Waals surface area contributed by atoms with Crippen molar-refractivity contribution < 1.29 is 4.79 Å². The number of benzene rings is 2. The fourth-order valence-corrected chi connectivity index (χ4v) is 2.76. The second-order valence-corrected chi connectivity index (χ2v) is 5.47. The van der Waals surface area contributed by atoms with Crippen LogP contribution in [-0.2, 0) is 0 Å². The Labute approximate surface area is 116 Å². The summed E-state index contributed by atoms with van der Waals surface area (Å²) in [7, 11) is 0. The summed E-state index contributed by atoms with van der Waals surface area (Å²) in [5.41, 5.74) is 1.82. The van der Waals surface area contributed by atoms with Crippen molar-refractivity contribution in [1.29, 1.82) is 0 Å². The molecule has 0 N–H and O–H groups in total. The molecule has 0 radical (unpaired) electrons. The molecule has 2 aromatic rings. The van der Waals surface area contributed by atoms with E-state index in [1.54, 1.807) is 0 Å². The van der Waals surface area contributed by atoms with Gasteiger partial charge in [-0.2, -0.15) is 0 Å². The maximum absolute atomic E-state index is 12.1. The molecule has 92 valence electrons. The lowest BCUT2D eigenvalue weighted by molar-refractivity contribution is 0.102. The highest BCUT2D eigenvalue weighted by atomic mass is 35.5. The van der Waals surface area contributed by atoms with Crippen LogP contribution in [0.3, 0.4) is 0 Å². The van der Waals surface area contributed by atoms with Gasteiger partial charge < -0.3 is 0 Å². The van der Waals surface area contributed by atoms with E-state index in [0.29, 0.717) is 10.8 Å². The third-order valence-corrected chi connectivity index (χ3v) is 3.84. The Morgan fingerprint density at radius 3 is 2.67 bits per heavy atom. The van der Waals surface area contributed by atoms with Crippen molar-refractivity contribution in [1.82, 2.24) is 0 Å². The van der Waals surface area contributed by atoms with Crippen molar-refractivity contribution in [2.75, 3.05) is 5.75 Å². The minimum absolute atomic E-state index is 0.151. The van der Waals surface area contributed by atoms with Crippen LogP contribution in [0.25, 0.3) is 0 Å². The van der Waals surface area contributed by atoms with Crippen LogP contribution < -0.4 is 0 Å². The fraction of sp³-hybridized carbons (Fsp3) is 0.133. The summed E-state index contributed by atoms with van der Waals surface area (Å²) in [6.45, 7) is 1.96. The van der Waals surface area contributed by atoms with E-state index in [9.17, 15) is 4.79 Å². The lowest BCUT2D eigenvalue weighted by Crippen LogP contribution is -2.04. The number of Topliss-reactive ketones (excluding diaryl/α,β-unsaturated/α-hetero) is 1. The Kier molecular flexibility index (Phi) is 4.45. The predicted molar refractivity (Wildman–Crippen MR) is 77.7 cm³/mol. The van der Waals surface area contributed by atoms with E-state index < -0.39 is 0 Å². The number of hydrogen-bond donors (Lipinski definition) is 0. The predicted octanol–water partition coefficient (Wildman–Crippen LogP) is 4.62. The molecule has 0 aliphatic carbocycles. The van der Waals surface area contributed by atoms with Crippen LogP contribution >= 0.6 is 23.4 Å². The van der Waals surface area contributed by atoms with E-state index in [1.807, 2.05) is 55.5 Å². The summed E-state index contributed by atoms with van der Waals surface area (Å²) in [6, 6.07) is 15.2. The van der Waals surface area contributed by atoms with Crippen molar-refractivity contribution >= 4 is 29.1 Å². The van der Waals surface area contributed by atoms with Gasteiger partial charge in [0.2, 0.25) is 0 Å². The molecule has 0 aliphatic heterocycles. The molecule has 2 rings (SSSR count). The quantitative estimate of drug-likeness (QED) is 0.598. The highest BCUT2D eigenvalue weighted by Crippen LogP contribution is 2.23. The van der Waals surface area contributed by atoms with E-state index in [-0.39, 0.29) is 5.78 Å². The van der Waals surface area contributed by atoms with Gasteiger partial charge in [0.1, 0.15) is 0 Å². The zero-order chi connectivity index (χ0) is 13.0. The van der Waals surface area contributed by atoms with Crippen molar-refractivity contribution in [3.05, 3.63) is 64.7 Å². The molecule has 0 aliphatic rings. The molecule has 0 unspecified atom stereocenters. The second-order valence-electron chi connectivity index (χ2n) is 3.98. The first-order chi connectivity index (χ1) is 8.66. The first kappa shape index (κ1) is 13.2. The van der Waals surface area contributed by atoms with E-state index in [1.165, 1.54) is 11.8 Å². The van der Waals surface area contributed by atoms with Crippen molar-refractivity contribution in [2.45, 2.75) is 11.8 Å². The van der Waals surface area contributed by atoms with Gasteiger partial charge in [0.15, 0.2) is 5.78 Å². The maximum Gasteiger partial charge on any atom is 0.173 e. The van der Waals surface area contributed by atoms with Crippen LogP contribution in [-0.4, -0.2) is 11.5 Å². The Balaban J connectivity index is 2.03. The molecule has 0 heterocycles. The summed E-state index contributed by atoms with van der Waals surface area (Å²) in [4.78, 5) is 13.1. The number of ketones is 1. The van der Waals surface area contributed by atoms with Crippen molar-refractivity contribution in [3.8, 4) is 0 Å². The highest BCUT2D eigenvalue weighted by molar-refractivity contribution is 8.00. The van der Waals surface area contributed by atoms with Crippen molar-refractivity contribution in [2.24, 2.45) is 0 Å². The Morgan fingerprint density at radius 1 is 1.17 bits per heavy atom. The molecule has 0 aromatic heterocycles. The number of rotatable bonds is 4. The molecule has 18 heavy (non-hydrogen) atoms. The van der Waals surface area contributed by atoms with Crippen LogP contribution in [0.1, 0.15) is 15.9 Å². The lowest BCUT2D eigenvalue weighted by Gasteiger charge is -2.04. The molecule has 3 heteroatoms. The fourth-order valence-electron chi connectivity index (χ4n) is 1.67. The van der Waals surface area contributed by atoms with Crippen molar-refractivity contribution in [3.63, 3.8) is 0 Å². The van der Waals surface area contributed by atoms with Gasteiger partial charge in [0.05, 0.1) is 5.75 Å². The number of carbonyl (C=O) groups excluding carboxylic acids is 1. The first-order valence-electron chi connectivity index (χ1n) is 5.64. The number of halogens is 1. The standard InChI is InChI=1S/C15H13ClOS/c1-11-5-2-3-8-14(11)15(17)10-18-13-7-4-6-12(16)9-13/h2-9H,10H2,1H3. The average molecular weight is 277 g/mol. The van der Waals surface area contributed by atoms with E-state index in [0.717, 1.165) is 16.0 Å². The minimum atomic E-state index is 0.151. The van der Waals surface area contributed by atoms with Gasteiger partial charge in [0.25, 0.3) is 0 Å². The molecule has 1 nitrogen and oxygen atoms in total. The van der Waals surface area contributed by atoms with E-state index in [2.05, 4.69) is 0 Å². The summed E-state index contributed by atoms with van der Waals surface area (Å²) < 4.78 is 0. The van der Waals surface area contributed by atoms with Crippen LogP contribution in [0.2, 0.25) is 5.02 Å². The third-order valence-electron chi connectivity index (χ3n) is 2.61. The number of carbonyl (C=O) groups is 1. The normalized spacial score (nSPS) is 10.3. The van der Waals surface area contributed by atoms with Gasteiger partial charge in [-0.3, -0.25) is 4.79 Å². The smallest absolute Gasteiger partial charge is 0.173 e. The molecule has 0 atom stereocenters. The van der Waals surface area contributed by atoms with Gasteiger partial charge in [0, 0.05) is 15.5 Å². The SMILES string of the molecule is Cc1ccccc1C(=O)CSc1cccc(Cl)c1.